The van der Waals surface area contributed by atoms with Crippen molar-refractivity contribution in [3.8, 4) is 0 Å². The van der Waals surface area contributed by atoms with Gasteiger partial charge < -0.3 is 0 Å². The second-order valence-corrected chi connectivity index (χ2v) is 4.83. The van der Waals surface area contributed by atoms with E-state index in [-0.39, 0.29) is 0 Å². The molecule has 0 radical (unpaired) electrons. The van der Waals surface area contributed by atoms with Crippen molar-refractivity contribution in [2.75, 3.05) is 0 Å². The van der Waals surface area contributed by atoms with E-state index in [1.807, 2.05) is 4.68 Å². The molecule has 0 bridgehead atoms. The Morgan fingerprint density at radius 2 is 2.21 bits per heavy atom. The molecule has 0 aromatic carbocycles. The van der Waals surface area contributed by atoms with Gasteiger partial charge >= 0.3 is 0 Å². The van der Waals surface area contributed by atoms with E-state index in [2.05, 4.69) is 36.3 Å². The maximum absolute atomic E-state index is 4.06. The van der Waals surface area contributed by atoms with Gasteiger partial charge in [-0.25, -0.2) is 4.68 Å². The molecule has 0 spiro atoms. The molecule has 4 nitrogen and oxygen atoms in total. The lowest BCUT2D eigenvalue weighted by Crippen LogP contribution is -2.17. The molecule has 2 rings (SSSR count). The van der Waals surface area contributed by atoms with Crippen LogP contribution in [0, 0.1) is 17.8 Å². The van der Waals surface area contributed by atoms with Gasteiger partial charge in [0.15, 0.2) is 5.82 Å². The summed E-state index contributed by atoms with van der Waals surface area (Å²) in [6.07, 6.45) is 2.30. The zero-order valence-electron chi connectivity index (χ0n) is 9.14. The molecule has 1 aromatic rings. The molecule has 0 aliphatic carbocycles. The van der Waals surface area contributed by atoms with E-state index in [4.69, 9.17) is 0 Å². The summed E-state index contributed by atoms with van der Waals surface area (Å²) in [6.45, 7) is 7.85. The molecule has 2 unspecified atom stereocenters. The third-order valence-corrected chi connectivity index (χ3v) is 3.19. The van der Waals surface area contributed by atoms with Crippen LogP contribution < -0.4 is 0 Å². The summed E-state index contributed by atoms with van der Waals surface area (Å²) in [4.78, 5) is 0. The second-order valence-electron chi connectivity index (χ2n) is 4.83. The second kappa shape index (κ2) is 3.67. The highest BCUT2D eigenvalue weighted by Gasteiger charge is 2.24. The lowest BCUT2D eigenvalue weighted by atomic mass is 9.87. The molecule has 4 heteroatoms. The summed E-state index contributed by atoms with van der Waals surface area (Å²) in [7, 11) is 0. The van der Waals surface area contributed by atoms with Crippen LogP contribution in [0.25, 0.3) is 0 Å². The Balaban J connectivity index is 2.22. The van der Waals surface area contributed by atoms with Gasteiger partial charge in [-0.15, -0.1) is 5.10 Å². The highest BCUT2D eigenvalue weighted by Crippen LogP contribution is 2.27. The van der Waals surface area contributed by atoms with Gasteiger partial charge in [-0.3, -0.25) is 0 Å². The van der Waals surface area contributed by atoms with Gasteiger partial charge in [0.25, 0.3) is 0 Å². The summed E-state index contributed by atoms with van der Waals surface area (Å²) in [5.41, 5.74) is 0. The molecule has 14 heavy (non-hydrogen) atoms. The summed E-state index contributed by atoms with van der Waals surface area (Å²) in [5.74, 6) is 3.19. The molecule has 0 N–H and O–H groups in total. The third kappa shape index (κ3) is 1.79. The van der Waals surface area contributed by atoms with E-state index in [9.17, 15) is 0 Å². The fourth-order valence-electron chi connectivity index (χ4n) is 2.20. The number of hydrogen-bond acceptors (Lipinski definition) is 3. The molecule has 1 aliphatic heterocycles. The van der Waals surface area contributed by atoms with E-state index < -0.39 is 0 Å². The molecule has 2 heterocycles. The molecular weight excluding hydrogens is 176 g/mol. The van der Waals surface area contributed by atoms with Gasteiger partial charge in [0.05, 0.1) is 0 Å². The normalized spacial score (nSPS) is 27.4. The third-order valence-electron chi connectivity index (χ3n) is 3.19. The fraction of sp³-hybridized carbons (Fsp3) is 0.900. The zero-order valence-corrected chi connectivity index (χ0v) is 9.14. The van der Waals surface area contributed by atoms with Crippen LogP contribution in [0.5, 0.6) is 0 Å². The average Bonchev–Trinajstić information content (AvgIpc) is 2.45. The summed E-state index contributed by atoms with van der Waals surface area (Å²) >= 11 is 0. The minimum absolute atomic E-state index is 0.703. The van der Waals surface area contributed by atoms with Crippen molar-refractivity contribution in [2.45, 2.75) is 40.2 Å². The Morgan fingerprint density at radius 1 is 1.43 bits per heavy atom. The summed E-state index contributed by atoms with van der Waals surface area (Å²) in [6, 6.07) is 0. The molecule has 0 amide bonds. The first-order valence-electron chi connectivity index (χ1n) is 5.42. The van der Waals surface area contributed by atoms with Crippen molar-refractivity contribution in [3.63, 3.8) is 0 Å². The van der Waals surface area contributed by atoms with E-state index in [0.717, 1.165) is 24.7 Å². The first-order valence-corrected chi connectivity index (χ1v) is 5.42. The lowest BCUT2D eigenvalue weighted by molar-refractivity contribution is 0.280. The van der Waals surface area contributed by atoms with Crippen molar-refractivity contribution < 1.29 is 0 Å². The van der Waals surface area contributed by atoms with Crippen LogP contribution >= 0.6 is 0 Å². The monoisotopic (exact) mass is 194 g/mol. The Bertz CT molecular complexity index is 305. The number of fused-ring (bicyclic) bond motifs is 1. The van der Waals surface area contributed by atoms with Crippen molar-refractivity contribution in [1.29, 1.82) is 0 Å². The molecule has 1 aliphatic rings. The average molecular weight is 194 g/mol. The Labute approximate surface area is 84.7 Å². The topological polar surface area (TPSA) is 43.6 Å². The van der Waals surface area contributed by atoms with Crippen molar-refractivity contribution >= 4 is 0 Å². The minimum Gasteiger partial charge on any atom is -0.229 e. The first-order chi connectivity index (χ1) is 6.66. The SMILES string of the molecule is CC1Cc2nnnn2CC(C(C)C)C1. The highest BCUT2D eigenvalue weighted by atomic mass is 15.5. The predicted molar refractivity (Wildman–Crippen MR) is 53.6 cm³/mol. The van der Waals surface area contributed by atoms with Crippen LogP contribution in [-0.2, 0) is 13.0 Å². The number of hydrogen-bond donors (Lipinski definition) is 0. The standard InChI is InChI=1S/C10H18N4/c1-7(2)9-4-8(3)5-10-11-12-13-14(10)6-9/h7-9H,4-6H2,1-3H3. The highest BCUT2D eigenvalue weighted by molar-refractivity contribution is 4.88. The first kappa shape index (κ1) is 9.62. The molecule has 0 saturated heterocycles. The summed E-state index contributed by atoms with van der Waals surface area (Å²) < 4.78 is 1.98. The van der Waals surface area contributed by atoms with E-state index >= 15 is 0 Å². The van der Waals surface area contributed by atoms with Gasteiger partial charge in [-0.1, -0.05) is 20.8 Å². The van der Waals surface area contributed by atoms with Crippen molar-refractivity contribution in [1.82, 2.24) is 20.2 Å². The smallest absolute Gasteiger partial charge is 0.151 e. The number of nitrogens with zero attached hydrogens (tertiary/aromatic N) is 4. The van der Waals surface area contributed by atoms with E-state index in [0.29, 0.717) is 11.8 Å². The van der Waals surface area contributed by atoms with Crippen LogP contribution in [0.4, 0.5) is 0 Å². The largest absolute Gasteiger partial charge is 0.229 e. The molecule has 0 saturated carbocycles. The Kier molecular flexibility index (Phi) is 2.52. The van der Waals surface area contributed by atoms with E-state index in [1.165, 1.54) is 6.42 Å². The van der Waals surface area contributed by atoms with E-state index in [1.54, 1.807) is 0 Å². The molecule has 1 aromatic heterocycles. The van der Waals surface area contributed by atoms with Crippen molar-refractivity contribution in [3.05, 3.63) is 5.82 Å². The van der Waals surface area contributed by atoms with Crippen LogP contribution in [0.3, 0.4) is 0 Å². The van der Waals surface area contributed by atoms with Gasteiger partial charge in [-0.2, -0.15) is 0 Å². The van der Waals surface area contributed by atoms with Gasteiger partial charge in [0.2, 0.25) is 0 Å². The van der Waals surface area contributed by atoms with Crippen LogP contribution in [-0.4, -0.2) is 20.2 Å². The minimum atomic E-state index is 0.703. The van der Waals surface area contributed by atoms with Crippen molar-refractivity contribution in [2.24, 2.45) is 17.8 Å². The predicted octanol–water partition coefficient (Wildman–Crippen LogP) is 1.53. The van der Waals surface area contributed by atoms with Crippen LogP contribution in [0.1, 0.15) is 33.0 Å². The van der Waals surface area contributed by atoms with Crippen LogP contribution in [0.2, 0.25) is 0 Å². The molecule has 78 valence electrons. The van der Waals surface area contributed by atoms with Gasteiger partial charge in [0.1, 0.15) is 0 Å². The lowest BCUT2D eigenvalue weighted by Gasteiger charge is -2.20. The zero-order chi connectivity index (χ0) is 10.1. The number of rotatable bonds is 1. The maximum Gasteiger partial charge on any atom is 0.151 e. The number of tetrazole rings is 1. The Morgan fingerprint density at radius 3 is 2.93 bits per heavy atom. The number of aromatic nitrogens is 4. The molecular formula is C10H18N4. The molecule has 0 fully saturated rings. The quantitative estimate of drug-likeness (QED) is 0.681. The summed E-state index contributed by atoms with van der Waals surface area (Å²) in [5, 5.41) is 11.8. The van der Waals surface area contributed by atoms with Gasteiger partial charge in [0, 0.05) is 13.0 Å². The maximum atomic E-state index is 4.06. The fourth-order valence-corrected chi connectivity index (χ4v) is 2.20. The van der Waals surface area contributed by atoms with Gasteiger partial charge in [-0.05, 0) is 34.6 Å². The van der Waals surface area contributed by atoms with Crippen LogP contribution in [0.15, 0.2) is 0 Å². The molecule has 2 atom stereocenters. The Hall–Kier alpha value is -0.930.